The first-order valence-electron chi connectivity index (χ1n) is 18.8. The number of nitrogens with zero attached hydrogens (tertiary/aromatic N) is 3. The first kappa shape index (κ1) is 32.2. The van der Waals surface area contributed by atoms with Gasteiger partial charge in [0.15, 0.2) is 11.2 Å². The molecule has 5 nitrogen and oxygen atoms in total. The molecule has 2 aromatic heterocycles. The van der Waals surface area contributed by atoms with E-state index >= 15 is 0 Å². The topological polar surface area (TPSA) is 55.3 Å². The summed E-state index contributed by atoms with van der Waals surface area (Å²) in [5.74, 6) is 1.07. The molecule has 0 atom stereocenters. The summed E-state index contributed by atoms with van der Waals surface area (Å²) in [4.78, 5) is 13.1. The number of fused-ring (bicyclic) bond motifs is 4. The molecule has 1 aliphatic heterocycles. The van der Waals surface area contributed by atoms with Gasteiger partial charge in [0.1, 0.15) is 16.7 Å². The molecule has 6 heteroatoms. The Labute approximate surface area is 324 Å². The van der Waals surface area contributed by atoms with Gasteiger partial charge in [-0.2, -0.15) is 10.4 Å². The summed E-state index contributed by atoms with van der Waals surface area (Å²) in [7, 11) is -2.88. The van der Waals surface area contributed by atoms with Gasteiger partial charge in [-0.05, 0) is 50.0 Å². The minimum absolute atomic E-state index is 0.533. The highest BCUT2D eigenvalue weighted by Crippen LogP contribution is 2.50. The van der Waals surface area contributed by atoms with Gasteiger partial charge in [-0.25, -0.2) is 9.97 Å². The SMILES string of the molecule is c1ccc(-c2nc3c(N4c5ccccc5[Si-](c5ccccc5)(c5ccccc5)c5ccccc54)c4oc(-c5ccccc5)nc4c(-c4ccccc4)c3o2)cc1. The lowest BCUT2D eigenvalue weighted by atomic mass is 10.0. The van der Waals surface area contributed by atoms with Crippen LogP contribution in [-0.2, 0) is 0 Å². The summed E-state index contributed by atoms with van der Waals surface area (Å²) in [6.45, 7) is 0. The molecule has 56 heavy (non-hydrogen) atoms. The summed E-state index contributed by atoms with van der Waals surface area (Å²) in [5, 5.41) is 5.19. The zero-order chi connectivity index (χ0) is 37.1. The molecule has 8 aromatic carbocycles. The van der Waals surface area contributed by atoms with E-state index in [2.05, 4.69) is 126 Å². The van der Waals surface area contributed by atoms with Crippen LogP contribution in [-0.4, -0.2) is 18.0 Å². The average Bonchev–Trinajstić information content (AvgIpc) is 3.92. The number of aromatic nitrogens is 2. The largest absolute Gasteiger partial charge is 0.435 e. The Kier molecular flexibility index (Phi) is 7.43. The van der Waals surface area contributed by atoms with Gasteiger partial charge in [0, 0.05) is 22.5 Å². The summed E-state index contributed by atoms with van der Waals surface area (Å²) in [5.41, 5.74) is 9.23. The second-order valence-electron chi connectivity index (χ2n) is 14.1. The van der Waals surface area contributed by atoms with E-state index in [0.29, 0.717) is 34.0 Å². The van der Waals surface area contributed by atoms with Crippen molar-refractivity contribution >= 4 is 68.1 Å². The van der Waals surface area contributed by atoms with Crippen LogP contribution in [0.25, 0.3) is 56.2 Å². The normalized spacial score (nSPS) is 13.1. The van der Waals surface area contributed by atoms with Gasteiger partial charge >= 0.3 is 0 Å². The van der Waals surface area contributed by atoms with Gasteiger partial charge in [-0.3, -0.25) is 0 Å². The van der Waals surface area contributed by atoms with Crippen LogP contribution >= 0.6 is 0 Å². The van der Waals surface area contributed by atoms with Crippen molar-refractivity contribution in [3.05, 3.63) is 200 Å². The number of oxazole rings is 2. The molecule has 1 aliphatic rings. The van der Waals surface area contributed by atoms with E-state index in [4.69, 9.17) is 18.8 Å². The van der Waals surface area contributed by atoms with Crippen LogP contribution in [0.1, 0.15) is 0 Å². The van der Waals surface area contributed by atoms with Crippen molar-refractivity contribution in [2.24, 2.45) is 0 Å². The smallest absolute Gasteiger partial charge is 0.227 e. The van der Waals surface area contributed by atoms with Crippen molar-refractivity contribution in [1.82, 2.24) is 9.97 Å². The number of hydrogen-bond donors (Lipinski definition) is 0. The maximum atomic E-state index is 7.05. The van der Waals surface area contributed by atoms with Crippen LogP contribution in [0.5, 0.6) is 0 Å². The Morgan fingerprint density at radius 3 is 1.27 bits per heavy atom. The first-order valence-corrected chi connectivity index (χ1v) is 20.8. The zero-order valence-corrected chi connectivity index (χ0v) is 31.2. The van der Waals surface area contributed by atoms with Crippen LogP contribution in [0.2, 0.25) is 0 Å². The Morgan fingerprint density at radius 1 is 0.375 bits per heavy atom. The Hall–Kier alpha value is -7.28. The van der Waals surface area contributed by atoms with Gasteiger partial charge in [0.2, 0.25) is 11.8 Å². The van der Waals surface area contributed by atoms with E-state index in [-0.39, 0.29) is 0 Å². The van der Waals surface area contributed by atoms with Crippen LogP contribution < -0.4 is 25.6 Å². The van der Waals surface area contributed by atoms with Crippen molar-refractivity contribution in [1.29, 1.82) is 0 Å². The monoisotopic (exact) mass is 735 g/mol. The summed E-state index contributed by atoms with van der Waals surface area (Å²) < 4.78 is 14.0. The number of anilines is 3. The average molecular weight is 736 g/mol. The maximum Gasteiger partial charge on any atom is 0.227 e. The molecule has 3 heterocycles. The first-order chi connectivity index (χ1) is 27.8. The summed E-state index contributed by atoms with van der Waals surface area (Å²) >= 11 is 0. The van der Waals surface area contributed by atoms with Crippen molar-refractivity contribution in [2.45, 2.75) is 0 Å². The minimum Gasteiger partial charge on any atom is -0.435 e. The molecule has 0 spiro atoms. The summed E-state index contributed by atoms with van der Waals surface area (Å²) in [6, 6.07) is 70.4. The van der Waals surface area contributed by atoms with Crippen molar-refractivity contribution in [3.63, 3.8) is 0 Å². The third-order valence-corrected chi connectivity index (χ3v) is 15.9. The molecule has 265 valence electrons. The van der Waals surface area contributed by atoms with E-state index in [9.17, 15) is 0 Å². The second kappa shape index (κ2) is 12.9. The van der Waals surface area contributed by atoms with E-state index in [1.807, 2.05) is 78.9 Å². The van der Waals surface area contributed by atoms with E-state index in [1.165, 1.54) is 20.7 Å². The molecule has 0 fully saturated rings. The Balaban J connectivity index is 1.30. The quantitative estimate of drug-likeness (QED) is 0.159. The molecule has 10 aromatic rings. The van der Waals surface area contributed by atoms with Crippen molar-refractivity contribution in [3.8, 4) is 34.0 Å². The molecule has 0 N–H and O–H groups in total. The second-order valence-corrected chi connectivity index (χ2v) is 17.8. The highest BCUT2D eigenvalue weighted by molar-refractivity contribution is 7.21. The highest BCUT2D eigenvalue weighted by atomic mass is 28.3. The highest BCUT2D eigenvalue weighted by Gasteiger charge is 2.40. The molecule has 0 saturated carbocycles. The minimum atomic E-state index is -2.88. The fraction of sp³-hybridized carbons (Fsp3) is 0. The van der Waals surface area contributed by atoms with Gasteiger partial charge in [-0.15, -0.1) is 10.4 Å². The van der Waals surface area contributed by atoms with Crippen LogP contribution in [0.4, 0.5) is 17.1 Å². The van der Waals surface area contributed by atoms with Crippen LogP contribution in [0.15, 0.2) is 209 Å². The number of para-hydroxylation sites is 2. The van der Waals surface area contributed by atoms with Gasteiger partial charge in [0.25, 0.3) is 0 Å². The third-order valence-electron chi connectivity index (χ3n) is 11.0. The fourth-order valence-corrected chi connectivity index (χ4v) is 13.8. The fourth-order valence-electron chi connectivity index (χ4n) is 8.66. The lowest BCUT2D eigenvalue weighted by Crippen LogP contribution is -2.77. The number of rotatable bonds is 6. The van der Waals surface area contributed by atoms with Gasteiger partial charge < -0.3 is 13.7 Å². The van der Waals surface area contributed by atoms with E-state index in [0.717, 1.165) is 39.3 Å². The predicted octanol–water partition coefficient (Wildman–Crippen LogP) is 10.1. The molecule has 0 radical (unpaired) electrons. The molecular weight excluding hydrogens is 703 g/mol. The zero-order valence-electron chi connectivity index (χ0n) is 30.2. The van der Waals surface area contributed by atoms with Gasteiger partial charge in [-0.1, -0.05) is 164 Å². The molecule has 0 bridgehead atoms. The van der Waals surface area contributed by atoms with Crippen molar-refractivity contribution < 1.29 is 8.83 Å². The van der Waals surface area contributed by atoms with Gasteiger partial charge in [0.05, 0.1) is 5.56 Å². The standard InChI is InChI=1S/C50H33N3O2Si/c1-6-20-34(21-7-1)43-44-48(55-49(51-44)35-22-8-2-9-23-35)46(45-47(43)54-50(52-45)36-24-10-3-11-25-36)53-39-30-16-18-32-41(39)56(37-26-12-4-13-27-37,38-28-14-5-15-29-38)42-33-19-17-31-40(42)53/h1-33H/q-1. The van der Waals surface area contributed by atoms with Crippen LogP contribution in [0.3, 0.4) is 0 Å². The molecule has 0 aliphatic carbocycles. The number of benzene rings is 8. The van der Waals surface area contributed by atoms with E-state index in [1.54, 1.807) is 0 Å². The Bertz CT molecular complexity index is 2830. The Morgan fingerprint density at radius 2 is 0.768 bits per heavy atom. The molecule has 0 unspecified atom stereocenters. The van der Waals surface area contributed by atoms with Crippen LogP contribution in [0, 0.1) is 0 Å². The summed E-state index contributed by atoms with van der Waals surface area (Å²) in [6.07, 6.45) is 0. The number of hydrogen-bond acceptors (Lipinski definition) is 5. The molecule has 11 rings (SSSR count). The third kappa shape index (κ3) is 4.79. The lowest BCUT2D eigenvalue weighted by Gasteiger charge is -2.54. The van der Waals surface area contributed by atoms with E-state index < -0.39 is 8.07 Å². The predicted molar refractivity (Wildman–Crippen MR) is 230 cm³/mol. The molecule has 0 saturated heterocycles. The maximum absolute atomic E-state index is 7.05. The lowest BCUT2D eigenvalue weighted by molar-refractivity contribution is 0.618. The molecular formula is C50H33N3O2Si-. The van der Waals surface area contributed by atoms with Crippen molar-refractivity contribution in [2.75, 3.05) is 4.90 Å². The molecule has 0 amide bonds.